The van der Waals surface area contributed by atoms with Gasteiger partial charge in [-0.1, -0.05) is 30.3 Å². The first-order valence-electron chi connectivity index (χ1n) is 8.93. The second-order valence-corrected chi connectivity index (χ2v) is 6.60. The molecule has 2 aliphatic rings. The van der Waals surface area contributed by atoms with Crippen LogP contribution in [0.5, 0.6) is 5.75 Å². The van der Waals surface area contributed by atoms with Gasteiger partial charge in [0.2, 0.25) is 0 Å². The summed E-state index contributed by atoms with van der Waals surface area (Å²) < 4.78 is 5.86. The summed E-state index contributed by atoms with van der Waals surface area (Å²) in [5.74, 6) is 0.925. The minimum atomic E-state index is -0.189. The van der Waals surface area contributed by atoms with Gasteiger partial charge in [-0.2, -0.15) is 0 Å². The van der Waals surface area contributed by atoms with Crippen molar-refractivity contribution in [1.82, 2.24) is 5.32 Å². The van der Waals surface area contributed by atoms with Crippen LogP contribution in [0.1, 0.15) is 18.4 Å². The van der Waals surface area contributed by atoms with E-state index in [1.54, 1.807) is 0 Å². The summed E-state index contributed by atoms with van der Waals surface area (Å²) in [6, 6.07) is 15.8. The number of carbonyl (C=O) groups excluding carboxylic acids is 1. The van der Waals surface area contributed by atoms with Crippen LogP contribution >= 0.6 is 0 Å². The average molecular weight is 337 g/mol. The molecule has 5 heteroatoms. The molecular formula is C20H23N3O2. The summed E-state index contributed by atoms with van der Waals surface area (Å²) >= 11 is 0. The molecule has 4 rings (SSSR count). The molecule has 0 aromatic heterocycles. The minimum absolute atomic E-state index is 0.00280. The largest absolute Gasteiger partial charge is 0.488 e. The number of para-hydroxylation sites is 3. The maximum absolute atomic E-state index is 12.3. The van der Waals surface area contributed by atoms with Crippen LogP contribution in [0.3, 0.4) is 0 Å². The Kier molecular flexibility index (Phi) is 4.46. The molecule has 0 spiro atoms. The number of carbonyl (C=O) groups is 1. The Bertz CT molecular complexity index is 731. The van der Waals surface area contributed by atoms with Crippen molar-refractivity contribution >= 4 is 17.4 Å². The maximum atomic E-state index is 12.3. The first-order chi connectivity index (χ1) is 12.3. The fourth-order valence-electron chi connectivity index (χ4n) is 3.55. The molecule has 2 amide bonds. The molecule has 130 valence electrons. The Morgan fingerprint density at radius 3 is 2.68 bits per heavy atom. The quantitative estimate of drug-likeness (QED) is 0.899. The lowest BCUT2D eigenvalue weighted by Crippen LogP contribution is -2.37. The predicted molar refractivity (Wildman–Crippen MR) is 99.5 cm³/mol. The van der Waals surface area contributed by atoms with Crippen LogP contribution in [0.15, 0.2) is 48.5 Å². The van der Waals surface area contributed by atoms with Crippen molar-refractivity contribution < 1.29 is 9.53 Å². The second kappa shape index (κ2) is 7.05. The summed E-state index contributed by atoms with van der Waals surface area (Å²) in [7, 11) is 0. The van der Waals surface area contributed by atoms with Crippen LogP contribution in [0.4, 0.5) is 16.2 Å². The SMILES string of the molecule is O=C(NCC1Cc2ccccc2O1)Nc1ccccc1N1CCCC1. The zero-order chi connectivity index (χ0) is 17.1. The Balaban J connectivity index is 1.33. The van der Waals surface area contributed by atoms with Crippen LogP contribution in [0.2, 0.25) is 0 Å². The van der Waals surface area contributed by atoms with E-state index in [0.717, 1.165) is 36.6 Å². The summed E-state index contributed by atoms with van der Waals surface area (Å²) in [6.07, 6.45) is 3.25. The maximum Gasteiger partial charge on any atom is 0.319 e. The highest BCUT2D eigenvalue weighted by Gasteiger charge is 2.23. The van der Waals surface area contributed by atoms with Gasteiger partial charge in [0.15, 0.2) is 0 Å². The number of hydrogen-bond donors (Lipinski definition) is 2. The number of rotatable bonds is 4. The lowest BCUT2D eigenvalue weighted by molar-refractivity contribution is 0.219. The number of anilines is 2. The van der Waals surface area contributed by atoms with Crippen molar-refractivity contribution in [1.29, 1.82) is 0 Å². The summed E-state index contributed by atoms with van der Waals surface area (Å²) in [5.41, 5.74) is 3.16. The van der Waals surface area contributed by atoms with E-state index < -0.39 is 0 Å². The van der Waals surface area contributed by atoms with Crippen LogP contribution in [-0.4, -0.2) is 31.8 Å². The van der Waals surface area contributed by atoms with Crippen molar-refractivity contribution in [3.63, 3.8) is 0 Å². The van der Waals surface area contributed by atoms with Crippen molar-refractivity contribution in [2.75, 3.05) is 29.9 Å². The number of amides is 2. The third-order valence-electron chi connectivity index (χ3n) is 4.80. The molecule has 1 unspecified atom stereocenters. The molecule has 5 nitrogen and oxygen atoms in total. The molecule has 2 heterocycles. The van der Waals surface area contributed by atoms with E-state index >= 15 is 0 Å². The van der Waals surface area contributed by atoms with Crippen molar-refractivity contribution in [3.8, 4) is 5.75 Å². The van der Waals surface area contributed by atoms with Gasteiger partial charge in [0.1, 0.15) is 11.9 Å². The molecule has 0 saturated carbocycles. The van der Waals surface area contributed by atoms with E-state index in [1.807, 2.05) is 36.4 Å². The highest BCUT2D eigenvalue weighted by molar-refractivity contribution is 5.93. The molecule has 0 bridgehead atoms. The number of hydrogen-bond acceptors (Lipinski definition) is 3. The topological polar surface area (TPSA) is 53.6 Å². The van der Waals surface area contributed by atoms with Gasteiger partial charge >= 0.3 is 6.03 Å². The van der Waals surface area contributed by atoms with Crippen molar-refractivity contribution in [2.45, 2.75) is 25.4 Å². The number of nitrogens with one attached hydrogen (secondary N) is 2. The van der Waals surface area contributed by atoms with Crippen LogP contribution < -0.4 is 20.3 Å². The van der Waals surface area contributed by atoms with E-state index in [1.165, 1.54) is 18.4 Å². The van der Waals surface area contributed by atoms with Gasteiger partial charge in [0.25, 0.3) is 0 Å². The highest BCUT2D eigenvalue weighted by atomic mass is 16.5. The molecule has 2 aliphatic heterocycles. The summed E-state index contributed by atoms with van der Waals surface area (Å²) in [4.78, 5) is 14.6. The van der Waals surface area contributed by atoms with E-state index in [-0.39, 0.29) is 12.1 Å². The molecule has 1 fully saturated rings. The Morgan fingerprint density at radius 1 is 1.08 bits per heavy atom. The number of urea groups is 1. The lowest BCUT2D eigenvalue weighted by Gasteiger charge is -2.21. The second-order valence-electron chi connectivity index (χ2n) is 6.60. The normalized spacial score (nSPS) is 18.6. The first-order valence-corrected chi connectivity index (χ1v) is 8.93. The zero-order valence-corrected chi connectivity index (χ0v) is 14.2. The molecule has 2 aromatic rings. The molecular weight excluding hydrogens is 314 g/mol. The van der Waals surface area contributed by atoms with Gasteiger partial charge in [-0.3, -0.25) is 0 Å². The van der Waals surface area contributed by atoms with E-state index in [2.05, 4.69) is 27.7 Å². The molecule has 25 heavy (non-hydrogen) atoms. The van der Waals surface area contributed by atoms with Crippen LogP contribution in [0, 0.1) is 0 Å². The fourth-order valence-corrected chi connectivity index (χ4v) is 3.55. The number of benzene rings is 2. The van der Waals surface area contributed by atoms with Crippen molar-refractivity contribution in [2.24, 2.45) is 0 Å². The number of fused-ring (bicyclic) bond motifs is 1. The molecule has 0 radical (unpaired) electrons. The number of nitrogens with zero attached hydrogens (tertiary/aromatic N) is 1. The van der Waals surface area contributed by atoms with Crippen LogP contribution in [-0.2, 0) is 6.42 Å². The van der Waals surface area contributed by atoms with Crippen molar-refractivity contribution in [3.05, 3.63) is 54.1 Å². The predicted octanol–water partition coefficient (Wildman–Crippen LogP) is 3.41. The minimum Gasteiger partial charge on any atom is -0.488 e. The first kappa shape index (κ1) is 15.8. The van der Waals surface area contributed by atoms with Gasteiger partial charge in [-0.05, 0) is 36.6 Å². The van der Waals surface area contributed by atoms with Gasteiger partial charge in [0.05, 0.1) is 17.9 Å². The van der Waals surface area contributed by atoms with E-state index in [9.17, 15) is 4.79 Å². The third-order valence-corrected chi connectivity index (χ3v) is 4.80. The highest BCUT2D eigenvalue weighted by Crippen LogP contribution is 2.29. The van der Waals surface area contributed by atoms with E-state index in [4.69, 9.17) is 4.74 Å². The molecule has 0 aliphatic carbocycles. The zero-order valence-electron chi connectivity index (χ0n) is 14.2. The monoisotopic (exact) mass is 337 g/mol. The summed E-state index contributed by atoms with van der Waals surface area (Å²) in [6.45, 7) is 2.59. The number of ether oxygens (including phenoxy) is 1. The third kappa shape index (κ3) is 3.55. The Labute approximate surface area is 148 Å². The van der Waals surface area contributed by atoms with Gasteiger partial charge in [-0.15, -0.1) is 0 Å². The standard InChI is InChI=1S/C20H23N3O2/c24-20(21-14-16-13-15-7-1-4-10-19(15)25-16)22-17-8-2-3-9-18(17)23-11-5-6-12-23/h1-4,7-10,16H,5-6,11-14H2,(H2,21,22,24). The smallest absolute Gasteiger partial charge is 0.319 e. The summed E-state index contributed by atoms with van der Waals surface area (Å²) in [5, 5.41) is 5.92. The van der Waals surface area contributed by atoms with Crippen LogP contribution in [0.25, 0.3) is 0 Å². The lowest BCUT2D eigenvalue weighted by atomic mass is 10.1. The average Bonchev–Trinajstić information content (AvgIpc) is 3.30. The van der Waals surface area contributed by atoms with Gasteiger partial charge in [-0.25, -0.2) is 4.79 Å². The Hall–Kier alpha value is -2.69. The molecule has 1 atom stereocenters. The molecule has 1 saturated heterocycles. The Morgan fingerprint density at radius 2 is 1.84 bits per heavy atom. The van der Waals surface area contributed by atoms with E-state index in [0.29, 0.717) is 6.54 Å². The molecule has 2 aromatic carbocycles. The van der Waals surface area contributed by atoms with Gasteiger partial charge in [0, 0.05) is 19.5 Å². The molecule has 2 N–H and O–H groups in total. The fraction of sp³-hybridized carbons (Fsp3) is 0.350. The van der Waals surface area contributed by atoms with Gasteiger partial charge < -0.3 is 20.3 Å².